The number of benzene rings is 1. The maximum absolute atomic E-state index is 10.4. The van der Waals surface area contributed by atoms with Gasteiger partial charge in [0.1, 0.15) is 18.6 Å². The third-order valence-electron chi connectivity index (χ3n) is 3.22. The summed E-state index contributed by atoms with van der Waals surface area (Å²) in [6, 6.07) is 9.89. The molecule has 0 radical (unpaired) electrons. The molecule has 1 aromatic carbocycles. The third-order valence-corrected chi connectivity index (χ3v) is 3.22. The highest BCUT2D eigenvalue weighted by Gasteiger charge is 2.15. The van der Waals surface area contributed by atoms with Gasteiger partial charge in [-0.1, -0.05) is 32.0 Å². The molecule has 2 rings (SSSR count). The van der Waals surface area contributed by atoms with Crippen molar-refractivity contribution in [1.29, 1.82) is 0 Å². The molecule has 0 amide bonds. The minimum Gasteiger partial charge on any atom is -0.492 e. The Kier molecular flexibility index (Phi) is 14.5. The summed E-state index contributed by atoms with van der Waals surface area (Å²) in [6.07, 6.45) is 0.980. The first kappa shape index (κ1) is 21.6. The van der Waals surface area contributed by atoms with Crippen LogP contribution < -0.4 is 10.1 Å². The summed E-state index contributed by atoms with van der Waals surface area (Å²) < 4.78 is 5.67. The van der Waals surface area contributed by atoms with E-state index < -0.39 is 0 Å². The fourth-order valence-corrected chi connectivity index (χ4v) is 2.11. The Morgan fingerprint density at radius 3 is 2.09 bits per heavy atom. The number of ether oxygens (including phenoxy) is 1. The first-order valence-electron chi connectivity index (χ1n) is 8.44. The molecule has 1 aliphatic heterocycles. The van der Waals surface area contributed by atoms with E-state index >= 15 is 0 Å². The van der Waals surface area contributed by atoms with E-state index in [0.717, 1.165) is 51.4 Å². The van der Waals surface area contributed by atoms with E-state index in [1.807, 2.05) is 58.3 Å². The summed E-state index contributed by atoms with van der Waals surface area (Å²) in [5.74, 6) is 0.928. The van der Waals surface area contributed by atoms with E-state index in [1.165, 1.54) is 0 Å². The molecule has 1 N–H and O–H groups in total. The average Bonchev–Trinajstić information content (AvgIpc) is 2.60. The molecule has 0 unspecified atom stereocenters. The van der Waals surface area contributed by atoms with Gasteiger partial charge in [-0.2, -0.15) is 0 Å². The van der Waals surface area contributed by atoms with Crippen LogP contribution >= 0.6 is 0 Å². The standard InChI is InChI=1S/C14H20N2O2.C2H7N.C2H6/c17-12-10-15-6-8-16(9-7-15)11-13-18-14-4-2-1-3-5-14;1-3-2;1-2/h1-5,12H,6-11,13H2;3H,1-2H3;1-2H3. The first-order chi connectivity index (χ1) is 11.3. The minimum atomic E-state index is 0.564. The van der Waals surface area contributed by atoms with Crippen LogP contribution in [-0.4, -0.2) is 76.1 Å². The number of rotatable bonds is 6. The number of piperazine rings is 1. The molecule has 1 heterocycles. The Morgan fingerprint density at radius 1 is 1.04 bits per heavy atom. The number of carbonyl (C=O) groups excluding carboxylic acids is 1. The van der Waals surface area contributed by atoms with Crippen LogP contribution in [-0.2, 0) is 4.79 Å². The molecular formula is C18H33N3O2. The Labute approximate surface area is 141 Å². The number of para-hydroxylation sites is 1. The molecule has 0 spiro atoms. The normalized spacial score (nSPS) is 14.8. The van der Waals surface area contributed by atoms with Crippen molar-refractivity contribution in [2.24, 2.45) is 0 Å². The summed E-state index contributed by atoms with van der Waals surface area (Å²) in [6.45, 7) is 10.2. The fraction of sp³-hybridized carbons (Fsp3) is 0.611. The lowest BCUT2D eigenvalue weighted by atomic mass is 10.3. The number of aldehydes is 1. The molecule has 0 aliphatic carbocycles. The largest absolute Gasteiger partial charge is 0.492 e. The zero-order chi connectivity index (χ0) is 17.3. The summed E-state index contributed by atoms with van der Waals surface area (Å²) in [5.41, 5.74) is 0. The van der Waals surface area contributed by atoms with Crippen LogP contribution in [0.1, 0.15) is 13.8 Å². The molecule has 5 nitrogen and oxygen atoms in total. The minimum absolute atomic E-state index is 0.564. The lowest BCUT2D eigenvalue weighted by molar-refractivity contribution is -0.109. The van der Waals surface area contributed by atoms with Crippen LogP contribution in [0.2, 0.25) is 0 Å². The van der Waals surface area contributed by atoms with Gasteiger partial charge < -0.3 is 14.8 Å². The summed E-state index contributed by atoms with van der Waals surface area (Å²) in [7, 11) is 3.75. The van der Waals surface area contributed by atoms with E-state index in [-0.39, 0.29) is 0 Å². The highest BCUT2D eigenvalue weighted by atomic mass is 16.5. The lowest BCUT2D eigenvalue weighted by Crippen LogP contribution is -2.47. The molecule has 0 saturated carbocycles. The maximum Gasteiger partial charge on any atom is 0.133 e. The van der Waals surface area contributed by atoms with E-state index in [0.29, 0.717) is 6.54 Å². The van der Waals surface area contributed by atoms with E-state index in [4.69, 9.17) is 4.74 Å². The summed E-state index contributed by atoms with van der Waals surface area (Å²) >= 11 is 0. The van der Waals surface area contributed by atoms with Gasteiger partial charge in [0, 0.05) is 32.7 Å². The SMILES string of the molecule is CC.CNC.O=CCN1CCN(CCOc2ccccc2)CC1. The van der Waals surface area contributed by atoms with Crippen molar-refractivity contribution in [3.05, 3.63) is 30.3 Å². The van der Waals surface area contributed by atoms with Crippen LogP contribution in [0, 0.1) is 0 Å². The van der Waals surface area contributed by atoms with Crippen LogP contribution in [0.4, 0.5) is 0 Å². The zero-order valence-electron chi connectivity index (χ0n) is 15.1. The average molecular weight is 323 g/mol. The summed E-state index contributed by atoms with van der Waals surface area (Å²) in [5, 5.41) is 2.75. The van der Waals surface area contributed by atoms with Crippen LogP contribution in [0.5, 0.6) is 5.75 Å². The van der Waals surface area contributed by atoms with Gasteiger partial charge in [0.15, 0.2) is 0 Å². The van der Waals surface area contributed by atoms with Crippen molar-refractivity contribution in [3.8, 4) is 5.75 Å². The van der Waals surface area contributed by atoms with Crippen LogP contribution in [0.15, 0.2) is 30.3 Å². The number of carbonyl (C=O) groups is 1. The molecule has 1 saturated heterocycles. The zero-order valence-corrected chi connectivity index (χ0v) is 15.1. The van der Waals surface area contributed by atoms with Gasteiger partial charge in [-0.25, -0.2) is 0 Å². The molecule has 5 heteroatoms. The predicted octanol–water partition coefficient (Wildman–Crippen LogP) is 1.74. The van der Waals surface area contributed by atoms with Gasteiger partial charge in [0.2, 0.25) is 0 Å². The van der Waals surface area contributed by atoms with Gasteiger partial charge in [0.05, 0.1) is 6.54 Å². The quantitative estimate of drug-likeness (QED) is 0.808. The second-order valence-electron chi connectivity index (χ2n) is 4.97. The second-order valence-corrected chi connectivity index (χ2v) is 4.97. The van der Waals surface area contributed by atoms with Gasteiger partial charge in [-0.05, 0) is 26.2 Å². The van der Waals surface area contributed by atoms with Crippen molar-refractivity contribution in [1.82, 2.24) is 15.1 Å². The predicted molar refractivity (Wildman–Crippen MR) is 97.2 cm³/mol. The Bertz CT molecular complexity index is 366. The van der Waals surface area contributed by atoms with Gasteiger partial charge in [-0.15, -0.1) is 0 Å². The van der Waals surface area contributed by atoms with E-state index in [2.05, 4.69) is 15.1 Å². The Balaban J connectivity index is 0.000000868. The number of hydrogen-bond donors (Lipinski definition) is 1. The Morgan fingerprint density at radius 2 is 1.57 bits per heavy atom. The smallest absolute Gasteiger partial charge is 0.133 e. The molecule has 1 aromatic rings. The lowest BCUT2D eigenvalue weighted by Gasteiger charge is -2.33. The molecule has 0 atom stereocenters. The molecular weight excluding hydrogens is 290 g/mol. The van der Waals surface area contributed by atoms with Crippen molar-refractivity contribution >= 4 is 6.29 Å². The van der Waals surface area contributed by atoms with Crippen molar-refractivity contribution in [3.63, 3.8) is 0 Å². The number of nitrogens with zero attached hydrogens (tertiary/aromatic N) is 2. The topological polar surface area (TPSA) is 44.8 Å². The van der Waals surface area contributed by atoms with Crippen molar-refractivity contribution < 1.29 is 9.53 Å². The van der Waals surface area contributed by atoms with Gasteiger partial charge >= 0.3 is 0 Å². The van der Waals surface area contributed by atoms with Crippen molar-refractivity contribution in [2.45, 2.75) is 13.8 Å². The fourth-order valence-electron chi connectivity index (χ4n) is 2.11. The highest BCUT2D eigenvalue weighted by Crippen LogP contribution is 2.08. The number of nitrogens with one attached hydrogen (secondary N) is 1. The molecule has 0 bridgehead atoms. The van der Waals surface area contributed by atoms with Crippen LogP contribution in [0.3, 0.4) is 0 Å². The third kappa shape index (κ3) is 10.8. The van der Waals surface area contributed by atoms with E-state index in [9.17, 15) is 4.79 Å². The highest BCUT2D eigenvalue weighted by molar-refractivity contribution is 5.51. The van der Waals surface area contributed by atoms with Gasteiger partial charge in [-0.3, -0.25) is 9.80 Å². The van der Waals surface area contributed by atoms with E-state index in [1.54, 1.807) is 0 Å². The molecule has 1 aliphatic rings. The number of hydrogen-bond acceptors (Lipinski definition) is 5. The Hall–Kier alpha value is -1.43. The maximum atomic E-state index is 10.4. The molecule has 23 heavy (non-hydrogen) atoms. The molecule has 0 aromatic heterocycles. The van der Waals surface area contributed by atoms with Crippen molar-refractivity contribution in [2.75, 3.05) is 60.0 Å². The molecule has 132 valence electrons. The first-order valence-corrected chi connectivity index (χ1v) is 8.44. The summed E-state index contributed by atoms with van der Waals surface area (Å²) in [4.78, 5) is 15.0. The second kappa shape index (κ2) is 15.5. The van der Waals surface area contributed by atoms with Gasteiger partial charge in [0.25, 0.3) is 0 Å². The monoisotopic (exact) mass is 323 g/mol. The molecule has 1 fully saturated rings. The van der Waals surface area contributed by atoms with Crippen LogP contribution in [0.25, 0.3) is 0 Å².